The van der Waals surface area contributed by atoms with Crippen LogP contribution < -0.4 is 0 Å². The summed E-state index contributed by atoms with van der Waals surface area (Å²) in [4.78, 5) is 31.0. The van der Waals surface area contributed by atoms with Gasteiger partial charge in [0.25, 0.3) is 5.91 Å². The van der Waals surface area contributed by atoms with Gasteiger partial charge in [0.15, 0.2) is 0 Å². The molecule has 2 amide bonds. The summed E-state index contributed by atoms with van der Waals surface area (Å²) in [6, 6.07) is 0.0421. The molecule has 0 N–H and O–H groups in total. The second kappa shape index (κ2) is 6.54. The molecule has 0 radical (unpaired) electrons. The van der Waals surface area contributed by atoms with Crippen LogP contribution in [0.1, 0.15) is 25.7 Å². The molecule has 0 spiro atoms. The van der Waals surface area contributed by atoms with E-state index in [1.54, 1.807) is 7.11 Å². The Bertz CT molecular complexity index is 408. The predicted molar refractivity (Wildman–Crippen MR) is 82.3 cm³/mol. The zero-order valence-corrected chi connectivity index (χ0v) is 13.7. The fraction of sp³-hybridized carbons (Fsp3) is 0.875. The van der Waals surface area contributed by atoms with Crippen molar-refractivity contribution in [3.05, 3.63) is 0 Å². The summed E-state index contributed by atoms with van der Waals surface area (Å²) in [5, 5.41) is 0. The van der Waals surface area contributed by atoms with Crippen molar-refractivity contribution in [1.82, 2.24) is 14.7 Å². The number of carbonyl (C=O) groups is 2. The number of amides is 2. The molecule has 0 unspecified atom stereocenters. The zero-order chi connectivity index (χ0) is 15.7. The SMILES string of the molecule is CO[C@@H](C(=O)N1CCN(C(=O)[C@H]2CCCN2C)CC1)C1CC1. The van der Waals surface area contributed by atoms with Gasteiger partial charge in [-0.05, 0) is 45.2 Å². The van der Waals surface area contributed by atoms with Crippen molar-refractivity contribution in [2.75, 3.05) is 46.9 Å². The summed E-state index contributed by atoms with van der Waals surface area (Å²) < 4.78 is 5.38. The third-order valence-electron chi connectivity index (χ3n) is 5.26. The summed E-state index contributed by atoms with van der Waals surface area (Å²) >= 11 is 0. The molecule has 1 aliphatic carbocycles. The van der Waals surface area contributed by atoms with E-state index < -0.39 is 0 Å². The highest BCUT2D eigenvalue weighted by Crippen LogP contribution is 2.35. The molecule has 0 aromatic carbocycles. The van der Waals surface area contributed by atoms with E-state index in [0.717, 1.165) is 32.2 Å². The molecule has 0 aromatic heterocycles. The lowest BCUT2D eigenvalue weighted by Gasteiger charge is -2.38. The standard InChI is InChI=1S/C16H27N3O3/c1-17-7-3-4-13(17)15(20)18-8-10-19(11-9-18)16(21)14(22-2)12-5-6-12/h12-14H,3-11H2,1-2H3/t13-,14-/m1/s1. The van der Waals surface area contributed by atoms with Crippen LogP contribution in [-0.4, -0.2) is 85.5 Å². The number of carbonyl (C=O) groups excluding carboxylic acids is 2. The van der Waals surface area contributed by atoms with Crippen molar-refractivity contribution >= 4 is 11.8 Å². The van der Waals surface area contributed by atoms with Crippen molar-refractivity contribution in [3.8, 4) is 0 Å². The van der Waals surface area contributed by atoms with E-state index >= 15 is 0 Å². The molecular weight excluding hydrogens is 282 g/mol. The van der Waals surface area contributed by atoms with Crippen molar-refractivity contribution in [2.45, 2.75) is 37.8 Å². The van der Waals surface area contributed by atoms with Crippen molar-refractivity contribution in [1.29, 1.82) is 0 Å². The Kier molecular flexibility index (Phi) is 4.68. The van der Waals surface area contributed by atoms with Gasteiger partial charge in [0, 0.05) is 33.3 Å². The van der Waals surface area contributed by atoms with Crippen LogP contribution in [0.2, 0.25) is 0 Å². The fourth-order valence-corrected chi connectivity index (χ4v) is 3.65. The van der Waals surface area contributed by atoms with E-state index in [2.05, 4.69) is 4.90 Å². The summed E-state index contributed by atoms with van der Waals surface area (Å²) in [6.45, 7) is 3.57. The Labute approximate surface area is 132 Å². The lowest BCUT2D eigenvalue weighted by molar-refractivity contribution is -0.148. The number of methoxy groups -OCH3 is 1. The quantitative estimate of drug-likeness (QED) is 0.743. The molecular formula is C16H27N3O3. The molecule has 3 rings (SSSR count). The second-order valence-electron chi connectivity index (χ2n) is 6.78. The van der Waals surface area contributed by atoms with Crippen LogP contribution in [0.25, 0.3) is 0 Å². The van der Waals surface area contributed by atoms with Crippen molar-refractivity contribution in [2.24, 2.45) is 5.92 Å². The van der Waals surface area contributed by atoms with Gasteiger partial charge in [-0.2, -0.15) is 0 Å². The molecule has 6 nitrogen and oxygen atoms in total. The maximum absolute atomic E-state index is 12.6. The first-order valence-electron chi connectivity index (χ1n) is 8.42. The highest BCUT2D eigenvalue weighted by molar-refractivity contribution is 5.84. The average Bonchev–Trinajstić information content (AvgIpc) is 3.28. The van der Waals surface area contributed by atoms with E-state index in [1.165, 1.54) is 0 Å². The molecule has 0 bridgehead atoms. The van der Waals surface area contributed by atoms with E-state index in [-0.39, 0.29) is 24.0 Å². The topological polar surface area (TPSA) is 53.1 Å². The minimum absolute atomic E-state index is 0.0421. The number of piperazine rings is 1. The molecule has 2 aliphatic heterocycles. The highest BCUT2D eigenvalue weighted by atomic mass is 16.5. The zero-order valence-electron chi connectivity index (χ0n) is 13.7. The third kappa shape index (κ3) is 3.13. The third-order valence-corrected chi connectivity index (χ3v) is 5.26. The lowest BCUT2D eigenvalue weighted by atomic mass is 10.1. The largest absolute Gasteiger partial charge is 0.371 e. The van der Waals surface area contributed by atoms with Crippen molar-refractivity contribution < 1.29 is 14.3 Å². The van der Waals surface area contributed by atoms with Gasteiger partial charge in [-0.3, -0.25) is 14.5 Å². The summed E-state index contributed by atoms with van der Waals surface area (Å²) in [6.07, 6.45) is 3.97. The first-order valence-corrected chi connectivity index (χ1v) is 8.42. The summed E-state index contributed by atoms with van der Waals surface area (Å²) in [5.74, 6) is 0.747. The molecule has 124 valence electrons. The lowest BCUT2D eigenvalue weighted by Crippen LogP contribution is -2.56. The molecule has 1 saturated carbocycles. The predicted octanol–water partition coefficient (Wildman–Crippen LogP) is 0.176. The van der Waals surface area contributed by atoms with Crippen molar-refractivity contribution in [3.63, 3.8) is 0 Å². The smallest absolute Gasteiger partial charge is 0.252 e. The van der Waals surface area contributed by atoms with Crippen LogP contribution in [0.15, 0.2) is 0 Å². The van der Waals surface area contributed by atoms with Gasteiger partial charge in [-0.25, -0.2) is 0 Å². The van der Waals surface area contributed by atoms with Gasteiger partial charge in [0.05, 0.1) is 6.04 Å². The number of likely N-dealkylation sites (N-methyl/N-ethyl adjacent to an activating group) is 1. The Hall–Kier alpha value is -1.14. The van der Waals surface area contributed by atoms with Crippen LogP contribution >= 0.6 is 0 Å². The monoisotopic (exact) mass is 309 g/mol. The molecule has 2 heterocycles. The fourth-order valence-electron chi connectivity index (χ4n) is 3.65. The number of rotatable bonds is 4. The average molecular weight is 309 g/mol. The van der Waals surface area contributed by atoms with Gasteiger partial charge in [0.1, 0.15) is 6.10 Å². The molecule has 3 fully saturated rings. The van der Waals surface area contributed by atoms with Gasteiger partial charge >= 0.3 is 0 Å². The summed E-state index contributed by atoms with van der Waals surface area (Å²) in [7, 11) is 3.64. The van der Waals surface area contributed by atoms with Gasteiger partial charge in [-0.1, -0.05) is 0 Å². The van der Waals surface area contributed by atoms with E-state index in [1.807, 2.05) is 16.8 Å². The number of ether oxygens (including phenoxy) is 1. The maximum Gasteiger partial charge on any atom is 0.252 e. The first kappa shape index (κ1) is 15.7. The van der Waals surface area contributed by atoms with Gasteiger partial charge in [-0.15, -0.1) is 0 Å². The Morgan fingerprint density at radius 1 is 1.00 bits per heavy atom. The minimum Gasteiger partial charge on any atom is -0.371 e. The van der Waals surface area contributed by atoms with E-state index in [4.69, 9.17) is 4.74 Å². The van der Waals surface area contributed by atoms with Gasteiger partial charge in [0.2, 0.25) is 5.91 Å². The molecule has 0 aromatic rings. The molecule has 2 atom stereocenters. The normalized spacial score (nSPS) is 28.0. The highest BCUT2D eigenvalue weighted by Gasteiger charge is 2.40. The Morgan fingerprint density at radius 3 is 2.14 bits per heavy atom. The number of hydrogen-bond donors (Lipinski definition) is 0. The molecule has 6 heteroatoms. The summed E-state index contributed by atoms with van der Waals surface area (Å²) in [5.41, 5.74) is 0. The Morgan fingerprint density at radius 2 is 1.64 bits per heavy atom. The Balaban J connectivity index is 1.51. The van der Waals surface area contributed by atoms with Crippen LogP contribution in [0.3, 0.4) is 0 Å². The number of likely N-dealkylation sites (tertiary alicyclic amines) is 1. The van der Waals surface area contributed by atoms with Crippen LogP contribution in [0.5, 0.6) is 0 Å². The first-order chi connectivity index (χ1) is 10.6. The number of nitrogens with zero attached hydrogens (tertiary/aromatic N) is 3. The number of hydrogen-bond acceptors (Lipinski definition) is 4. The van der Waals surface area contributed by atoms with Crippen LogP contribution in [-0.2, 0) is 14.3 Å². The molecule has 22 heavy (non-hydrogen) atoms. The van der Waals surface area contributed by atoms with Crippen LogP contribution in [0.4, 0.5) is 0 Å². The van der Waals surface area contributed by atoms with E-state index in [9.17, 15) is 9.59 Å². The molecule has 2 saturated heterocycles. The van der Waals surface area contributed by atoms with Gasteiger partial charge < -0.3 is 14.5 Å². The van der Waals surface area contributed by atoms with E-state index in [0.29, 0.717) is 32.1 Å². The molecule has 3 aliphatic rings. The second-order valence-corrected chi connectivity index (χ2v) is 6.78. The van der Waals surface area contributed by atoms with Crippen LogP contribution in [0, 0.1) is 5.92 Å². The minimum atomic E-state index is -0.275. The maximum atomic E-state index is 12.6.